The number of fused-ring (bicyclic) bond motifs is 1. The Kier molecular flexibility index (Phi) is 3.09. The number of aromatic amines is 1. The van der Waals surface area contributed by atoms with Crippen LogP contribution < -0.4 is 5.56 Å². The van der Waals surface area contributed by atoms with Crippen LogP contribution in [0.25, 0.3) is 32.7 Å². The highest BCUT2D eigenvalue weighted by molar-refractivity contribution is 7.17. The number of rotatable bonds is 2. The summed E-state index contributed by atoms with van der Waals surface area (Å²) in [6, 6.07) is 19.6. The number of thiophene rings is 1. The summed E-state index contributed by atoms with van der Waals surface area (Å²) in [5.74, 6) is 0.611. The minimum atomic E-state index is -0.0936. The Morgan fingerprint density at radius 2 is 1.50 bits per heavy atom. The topological polar surface area (TPSA) is 45.8 Å². The third-order valence-electron chi connectivity index (χ3n) is 3.58. The summed E-state index contributed by atoms with van der Waals surface area (Å²) in [5.41, 5.74) is 2.79. The molecule has 4 aromatic rings. The standard InChI is InChI=1S/C18H12N2OS/c21-17-15-14(12-7-3-1-4-8-12)11-22-18(15)20-16(19-17)13-9-5-2-6-10-13/h1-11H,(H,19,20,21). The third kappa shape index (κ3) is 2.14. The molecule has 2 aromatic heterocycles. The Morgan fingerprint density at radius 1 is 0.864 bits per heavy atom. The van der Waals surface area contributed by atoms with E-state index in [-0.39, 0.29) is 5.56 Å². The minimum absolute atomic E-state index is 0.0936. The lowest BCUT2D eigenvalue weighted by Crippen LogP contribution is -2.08. The Bertz CT molecular complexity index is 988. The maximum Gasteiger partial charge on any atom is 0.260 e. The molecule has 2 aromatic carbocycles. The van der Waals surface area contributed by atoms with Crippen molar-refractivity contribution < 1.29 is 0 Å². The van der Waals surface area contributed by atoms with Crippen LogP contribution in [-0.2, 0) is 0 Å². The van der Waals surface area contributed by atoms with E-state index in [2.05, 4.69) is 9.97 Å². The van der Waals surface area contributed by atoms with Crippen molar-refractivity contribution in [2.75, 3.05) is 0 Å². The zero-order valence-electron chi connectivity index (χ0n) is 11.6. The molecular formula is C18H12N2OS. The number of H-pyrrole nitrogens is 1. The number of hydrogen-bond donors (Lipinski definition) is 1. The summed E-state index contributed by atoms with van der Waals surface area (Å²) in [7, 11) is 0. The lowest BCUT2D eigenvalue weighted by molar-refractivity contribution is 1.19. The highest BCUT2D eigenvalue weighted by atomic mass is 32.1. The SMILES string of the molecule is O=c1[nH]c(-c2ccccc2)nc2scc(-c3ccccc3)c12. The molecule has 0 atom stereocenters. The average Bonchev–Trinajstić information content (AvgIpc) is 3.01. The Morgan fingerprint density at radius 3 is 2.18 bits per heavy atom. The Balaban J connectivity index is 1.94. The smallest absolute Gasteiger partial charge is 0.260 e. The quantitative estimate of drug-likeness (QED) is 0.599. The molecule has 22 heavy (non-hydrogen) atoms. The predicted octanol–water partition coefficient (Wildman–Crippen LogP) is 4.32. The number of hydrogen-bond acceptors (Lipinski definition) is 3. The van der Waals surface area contributed by atoms with Gasteiger partial charge in [0, 0.05) is 16.5 Å². The summed E-state index contributed by atoms with van der Waals surface area (Å²) in [5, 5.41) is 2.66. The molecule has 0 spiro atoms. The lowest BCUT2D eigenvalue weighted by atomic mass is 10.1. The van der Waals surface area contributed by atoms with Crippen LogP contribution in [0.4, 0.5) is 0 Å². The maximum absolute atomic E-state index is 12.5. The molecule has 0 unspecified atom stereocenters. The van der Waals surface area contributed by atoms with Crippen LogP contribution in [0.3, 0.4) is 0 Å². The van der Waals surface area contributed by atoms with E-state index in [1.54, 1.807) is 0 Å². The second-order valence-corrected chi connectivity index (χ2v) is 5.83. The van der Waals surface area contributed by atoms with Crippen molar-refractivity contribution in [3.05, 3.63) is 76.4 Å². The summed E-state index contributed by atoms with van der Waals surface area (Å²) in [4.78, 5) is 20.8. The monoisotopic (exact) mass is 304 g/mol. The van der Waals surface area contributed by atoms with Crippen molar-refractivity contribution in [2.45, 2.75) is 0 Å². The van der Waals surface area contributed by atoms with Crippen LogP contribution in [0, 0.1) is 0 Å². The van der Waals surface area contributed by atoms with Gasteiger partial charge in [0.1, 0.15) is 10.7 Å². The van der Waals surface area contributed by atoms with Crippen molar-refractivity contribution in [1.29, 1.82) is 0 Å². The zero-order valence-corrected chi connectivity index (χ0v) is 12.4. The second-order valence-electron chi connectivity index (χ2n) is 4.98. The van der Waals surface area contributed by atoms with E-state index < -0.39 is 0 Å². The fourth-order valence-corrected chi connectivity index (χ4v) is 3.46. The van der Waals surface area contributed by atoms with Crippen LogP contribution in [-0.4, -0.2) is 9.97 Å². The molecule has 0 radical (unpaired) electrons. The maximum atomic E-state index is 12.5. The molecular weight excluding hydrogens is 292 g/mol. The average molecular weight is 304 g/mol. The molecule has 3 nitrogen and oxygen atoms in total. The number of nitrogens with zero attached hydrogens (tertiary/aromatic N) is 1. The van der Waals surface area contributed by atoms with Crippen LogP contribution >= 0.6 is 11.3 Å². The molecule has 0 aliphatic rings. The van der Waals surface area contributed by atoms with Gasteiger partial charge in [0.05, 0.1) is 5.39 Å². The number of benzene rings is 2. The first-order chi connectivity index (χ1) is 10.8. The first-order valence-corrected chi connectivity index (χ1v) is 7.83. The fraction of sp³-hybridized carbons (Fsp3) is 0. The normalized spacial score (nSPS) is 10.9. The van der Waals surface area contributed by atoms with Crippen LogP contribution in [0.2, 0.25) is 0 Å². The summed E-state index contributed by atoms with van der Waals surface area (Å²) < 4.78 is 0. The Hall–Kier alpha value is -2.72. The summed E-state index contributed by atoms with van der Waals surface area (Å²) >= 11 is 1.50. The van der Waals surface area contributed by atoms with Crippen molar-refractivity contribution in [2.24, 2.45) is 0 Å². The minimum Gasteiger partial charge on any atom is -0.306 e. The molecule has 0 saturated heterocycles. The molecule has 2 heterocycles. The number of aromatic nitrogens is 2. The summed E-state index contributed by atoms with van der Waals surface area (Å²) in [6.45, 7) is 0. The van der Waals surface area contributed by atoms with Gasteiger partial charge in [-0.25, -0.2) is 4.98 Å². The highest BCUT2D eigenvalue weighted by Crippen LogP contribution is 2.31. The number of nitrogens with one attached hydrogen (secondary N) is 1. The van der Waals surface area contributed by atoms with Gasteiger partial charge in [0.2, 0.25) is 0 Å². The van der Waals surface area contributed by atoms with E-state index in [0.29, 0.717) is 11.2 Å². The first kappa shape index (κ1) is 13.0. The first-order valence-electron chi connectivity index (χ1n) is 6.95. The molecule has 106 valence electrons. The van der Waals surface area contributed by atoms with Crippen LogP contribution in [0.1, 0.15) is 0 Å². The van der Waals surface area contributed by atoms with Gasteiger partial charge in [-0.1, -0.05) is 60.7 Å². The van der Waals surface area contributed by atoms with Crippen molar-refractivity contribution in [3.63, 3.8) is 0 Å². The predicted molar refractivity (Wildman–Crippen MR) is 91.1 cm³/mol. The van der Waals surface area contributed by atoms with Gasteiger partial charge in [-0.15, -0.1) is 11.3 Å². The largest absolute Gasteiger partial charge is 0.306 e. The Labute approximate surface area is 130 Å². The van der Waals surface area contributed by atoms with Gasteiger partial charge in [-0.3, -0.25) is 4.79 Å². The van der Waals surface area contributed by atoms with Gasteiger partial charge in [0.25, 0.3) is 5.56 Å². The van der Waals surface area contributed by atoms with E-state index in [1.807, 2.05) is 66.0 Å². The van der Waals surface area contributed by atoms with Gasteiger partial charge < -0.3 is 4.98 Å². The van der Waals surface area contributed by atoms with E-state index in [9.17, 15) is 4.79 Å². The van der Waals surface area contributed by atoms with E-state index in [4.69, 9.17) is 0 Å². The molecule has 4 heteroatoms. The van der Waals surface area contributed by atoms with Crippen LogP contribution in [0.5, 0.6) is 0 Å². The van der Waals surface area contributed by atoms with E-state index >= 15 is 0 Å². The molecule has 0 aliphatic carbocycles. The van der Waals surface area contributed by atoms with Gasteiger partial charge >= 0.3 is 0 Å². The van der Waals surface area contributed by atoms with Crippen molar-refractivity contribution in [1.82, 2.24) is 9.97 Å². The van der Waals surface area contributed by atoms with Gasteiger partial charge in [-0.05, 0) is 5.56 Å². The fourth-order valence-electron chi connectivity index (χ4n) is 2.51. The molecule has 0 bridgehead atoms. The van der Waals surface area contributed by atoms with E-state index in [1.165, 1.54) is 11.3 Å². The molecule has 0 fully saturated rings. The van der Waals surface area contributed by atoms with E-state index in [0.717, 1.165) is 21.5 Å². The zero-order chi connectivity index (χ0) is 14.9. The highest BCUT2D eigenvalue weighted by Gasteiger charge is 2.13. The molecule has 4 rings (SSSR count). The third-order valence-corrected chi connectivity index (χ3v) is 4.45. The van der Waals surface area contributed by atoms with Gasteiger partial charge in [-0.2, -0.15) is 0 Å². The lowest BCUT2D eigenvalue weighted by Gasteiger charge is -2.02. The van der Waals surface area contributed by atoms with Gasteiger partial charge in [0.15, 0.2) is 0 Å². The molecule has 0 aliphatic heterocycles. The molecule has 1 N–H and O–H groups in total. The summed E-state index contributed by atoms with van der Waals surface area (Å²) in [6.07, 6.45) is 0. The van der Waals surface area contributed by atoms with Crippen molar-refractivity contribution in [3.8, 4) is 22.5 Å². The molecule has 0 amide bonds. The molecule has 0 saturated carbocycles. The van der Waals surface area contributed by atoms with Crippen molar-refractivity contribution >= 4 is 21.6 Å². The second kappa shape index (κ2) is 5.24. The van der Waals surface area contributed by atoms with Crippen LogP contribution in [0.15, 0.2) is 70.8 Å².